The number of hydrogen-bond donors (Lipinski definition) is 1. The second kappa shape index (κ2) is 6.15. The molecule has 1 aromatic carbocycles. The van der Waals surface area contributed by atoms with E-state index in [1.165, 1.54) is 12.1 Å². The average molecular weight is 283 g/mol. The van der Waals surface area contributed by atoms with E-state index in [9.17, 15) is 14.5 Å². The summed E-state index contributed by atoms with van der Waals surface area (Å²) in [6.45, 7) is 4.09. The fourth-order valence-electron chi connectivity index (χ4n) is 2.27. The number of morpholine rings is 1. The van der Waals surface area contributed by atoms with Crippen LogP contribution in [0, 0.1) is 15.9 Å². The molecule has 2 rings (SSSR count). The molecule has 0 amide bonds. The van der Waals surface area contributed by atoms with Crippen LogP contribution in [0.2, 0.25) is 0 Å². The SMILES string of the molecule is CC(Nc1cccc(F)c1[N+](=O)[O-])C1CN(C)CCO1. The highest BCUT2D eigenvalue weighted by Crippen LogP contribution is 2.28. The Balaban J connectivity index is 2.13. The van der Waals surface area contributed by atoms with E-state index in [1.807, 2.05) is 14.0 Å². The summed E-state index contributed by atoms with van der Waals surface area (Å²) in [4.78, 5) is 12.4. The van der Waals surface area contributed by atoms with Gasteiger partial charge in [-0.15, -0.1) is 0 Å². The highest BCUT2D eigenvalue weighted by molar-refractivity contribution is 5.62. The molecule has 2 atom stereocenters. The van der Waals surface area contributed by atoms with E-state index in [4.69, 9.17) is 4.74 Å². The Morgan fingerprint density at radius 1 is 1.60 bits per heavy atom. The highest BCUT2D eigenvalue weighted by atomic mass is 19.1. The molecule has 1 saturated heterocycles. The number of para-hydroxylation sites is 1. The minimum atomic E-state index is -0.839. The lowest BCUT2D eigenvalue weighted by Gasteiger charge is -2.34. The smallest absolute Gasteiger partial charge is 0.327 e. The molecule has 7 heteroatoms. The summed E-state index contributed by atoms with van der Waals surface area (Å²) >= 11 is 0. The van der Waals surface area contributed by atoms with Gasteiger partial charge in [-0.3, -0.25) is 10.1 Å². The van der Waals surface area contributed by atoms with E-state index in [0.717, 1.165) is 19.2 Å². The van der Waals surface area contributed by atoms with Crippen molar-refractivity contribution < 1.29 is 14.1 Å². The van der Waals surface area contributed by atoms with E-state index in [1.54, 1.807) is 0 Å². The number of nitro groups is 1. The summed E-state index contributed by atoms with van der Waals surface area (Å²) < 4.78 is 19.2. The predicted molar refractivity (Wildman–Crippen MR) is 73.4 cm³/mol. The third-order valence-corrected chi connectivity index (χ3v) is 3.41. The van der Waals surface area contributed by atoms with E-state index in [2.05, 4.69) is 10.2 Å². The summed E-state index contributed by atoms with van der Waals surface area (Å²) in [5.41, 5.74) is -0.345. The van der Waals surface area contributed by atoms with Crippen molar-refractivity contribution in [3.63, 3.8) is 0 Å². The van der Waals surface area contributed by atoms with E-state index < -0.39 is 16.4 Å². The number of nitrogens with one attached hydrogen (secondary N) is 1. The van der Waals surface area contributed by atoms with Gasteiger partial charge in [0, 0.05) is 13.1 Å². The van der Waals surface area contributed by atoms with Gasteiger partial charge in [0.2, 0.25) is 5.82 Å². The van der Waals surface area contributed by atoms with Crippen molar-refractivity contribution in [1.29, 1.82) is 0 Å². The minimum Gasteiger partial charge on any atom is -0.374 e. The van der Waals surface area contributed by atoms with Crippen LogP contribution in [0.25, 0.3) is 0 Å². The standard InChI is InChI=1S/C13H18FN3O3/c1-9(12-8-16(2)6-7-20-12)15-11-5-3-4-10(14)13(11)17(18)19/h3-5,9,12,15H,6-8H2,1-2H3. The number of halogens is 1. The van der Waals surface area contributed by atoms with Crippen LogP contribution in [0.3, 0.4) is 0 Å². The lowest BCUT2D eigenvalue weighted by Crippen LogP contribution is -2.47. The molecule has 1 aromatic rings. The van der Waals surface area contributed by atoms with Gasteiger partial charge in [-0.25, -0.2) is 0 Å². The van der Waals surface area contributed by atoms with Gasteiger partial charge < -0.3 is 15.0 Å². The molecular formula is C13H18FN3O3. The van der Waals surface area contributed by atoms with Crippen LogP contribution in [-0.4, -0.2) is 48.7 Å². The molecule has 1 aliphatic rings. The minimum absolute atomic E-state index is 0.0865. The van der Waals surface area contributed by atoms with Crippen molar-refractivity contribution in [2.45, 2.75) is 19.1 Å². The normalized spacial score (nSPS) is 21.4. The molecule has 1 heterocycles. The van der Waals surface area contributed by atoms with Crippen molar-refractivity contribution in [3.05, 3.63) is 34.1 Å². The average Bonchev–Trinajstić information content (AvgIpc) is 2.38. The Kier molecular flexibility index (Phi) is 4.51. The second-order valence-electron chi connectivity index (χ2n) is 5.00. The Morgan fingerprint density at radius 2 is 2.35 bits per heavy atom. The van der Waals surface area contributed by atoms with Crippen molar-refractivity contribution in [3.8, 4) is 0 Å². The van der Waals surface area contributed by atoms with Crippen LogP contribution in [0.5, 0.6) is 0 Å². The first-order valence-corrected chi connectivity index (χ1v) is 6.48. The van der Waals surface area contributed by atoms with Gasteiger partial charge in [0.15, 0.2) is 0 Å². The molecule has 0 saturated carbocycles. The van der Waals surface area contributed by atoms with Gasteiger partial charge in [-0.05, 0) is 26.1 Å². The first kappa shape index (κ1) is 14.7. The molecule has 0 bridgehead atoms. The van der Waals surface area contributed by atoms with Gasteiger partial charge >= 0.3 is 5.69 Å². The Morgan fingerprint density at radius 3 is 3.00 bits per heavy atom. The van der Waals surface area contributed by atoms with Gasteiger partial charge in [0.1, 0.15) is 5.69 Å². The molecule has 1 aliphatic heterocycles. The summed E-state index contributed by atoms with van der Waals surface area (Å²) in [5.74, 6) is -0.839. The number of rotatable bonds is 4. The molecule has 2 unspecified atom stereocenters. The zero-order valence-electron chi connectivity index (χ0n) is 11.5. The van der Waals surface area contributed by atoms with Crippen LogP contribution in [0.4, 0.5) is 15.8 Å². The van der Waals surface area contributed by atoms with E-state index >= 15 is 0 Å². The second-order valence-corrected chi connectivity index (χ2v) is 5.00. The number of nitrogens with zero attached hydrogens (tertiary/aromatic N) is 2. The van der Waals surface area contributed by atoms with Gasteiger partial charge in [-0.1, -0.05) is 6.07 Å². The Labute approximate surface area is 116 Å². The maximum Gasteiger partial charge on any atom is 0.327 e. The molecule has 1 N–H and O–H groups in total. The van der Waals surface area contributed by atoms with Gasteiger partial charge in [0.25, 0.3) is 0 Å². The predicted octanol–water partition coefficient (Wildman–Crippen LogP) is 1.86. The van der Waals surface area contributed by atoms with Crippen molar-refractivity contribution in [2.75, 3.05) is 32.1 Å². The maximum absolute atomic E-state index is 13.5. The monoisotopic (exact) mass is 283 g/mol. The summed E-state index contributed by atoms with van der Waals surface area (Å²) in [6.07, 6.45) is -0.0865. The van der Waals surface area contributed by atoms with Crippen LogP contribution in [0.15, 0.2) is 18.2 Å². The van der Waals surface area contributed by atoms with Crippen molar-refractivity contribution >= 4 is 11.4 Å². The molecule has 0 aliphatic carbocycles. The van der Waals surface area contributed by atoms with Gasteiger partial charge in [0.05, 0.1) is 23.7 Å². The maximum atomic E-state index is 13.5. The largest absolute Gasteiger partial charge is 0.374 e. The molecule has 0 spiro atoms. The summed E-state index contributed by atoms with van der Waals surface area (Å²) in [7, 11) is 1.99. The molecule has 0 aromatic heterocycles. The first-order valence-electron chi connectivity index (χ1n) is 6.48. The number of nitro benzene ring substituents is 1. The number of benzene rings is 1. The van der Waals surface area contributed by atoms with Gasteiger partial charge in [-0.2, -0.15) is 4.39 Å². The molecule has 1 fully saturated rings. The van der Waals surface area contributed by atoms with Crippen molar-refractivity contribution in [1.82, 2.24) is 4.90 Å². The summed E-state index contributed by atoms with van der Waals surface area (Å²) in [6, 6.07) is 3.88. The number of likely N-dealkylation sites (N-methyl/N-ethyl adjacent to an activating group) is 1. The van der Waals surface area contributed by atoms with Crippen LogP contribution in [0.1, 0.15) is 6.92 Å². The summed E-state index contributed by atoms with van der Waals surface area (Å²) in [5, 5.41) is 13.9. The highest BCUT2D eigenvalue weighted by Gasteiger charge is 2.27. The third kappa shape index (κ3) is 3.23. The zero-order valence-corrected chi connectivity index (χ0v) is 11.5. The lowest BCUT2D eigenvalue weighted by atomic mass is 10.1. The zero-order chi connectivity index (χ0) is 14.7. The number of anilines is 1. The fourth-order valence-corrected chi connectivity index (χ4v) is 2.27. The molecule has 6 nitrogen and oxygen atoms in total. The van der Waals surface area contributed by atoms with Crippen LogP contribution < -0.4 is 5.32 Å². The van der Waals surface area contributed by atoms with Crippen LogP contribution >= 0.6 is 0 Å². The molecule has 0 radical (unpaired) electrons. The van der Waals surface area contributed by atoms with Crippen molar-refractivity contribution in [2.24, 2.45) is 0 Å². The number of ether oxygens (including phenoxy) is 1. The molecule has 20 heavy (non-hydrogen) atoms. The third-order valence-electron chi connectivity index (χ3n) is 3.41. The Hall–Kier alpha value is -1.73. The van der Waals surface area contributed by atoms with E-state index in [-0.39, 0.29) is 17.8 Å². The number of hydrogen-bond acceptors (Lipinski definition) is 5. The van der Waals surface area contributed by atoms with E-state index in [0.29, 0.717) is 6.61 Å². The molecular weight excluding hydrogens is 265 g/mol. The van der Waals surface area contributed by atoms with Crippen LogP contribution in [-0.2, 0) is 4.74 Å². The fraction of sp³-hybridized carbons (Fsp3) is 0.538. The first-order chi connectivity index (χ1) is 9.49. The topological polar surface area (TPSA) is 67.6 Å². The Bertz CT molecular complexity index is 498. The lowest BCUT2D eigenvalue weighted by molar-refractivity contribution is -0.386. The quantitative estimate of drug-likeness (QED) is 0.675. The molecule has 110 valence electrons.